The quantitative estimate of drug-likeness (QED) is 0.753. The van der Waals surface area contributed by atoms with Crippen molar-refractivity contribution in [3.8, 4) is 11.5 Å². The maximum atomic E-state index is 12.4. The molecule has 1 amide bonds. The van der Waals surface area contributed by atoms with Crippen molar-refractivity contribution in [2.24, 2.45) is 0 Å². The Kier molecular flexibility index (Phi) is 6.90. The number of hydrogen-bond acceptors (Lipinski definition) is 6. The lowest BCUT2D eigenvalue weighted by molar-refractivity contribution is 0.122. The van der Waals surface area contributed by atoms with Crippen molar-refractivity contribution in [1.29, 1.82) is 0 Å². The van der Waals surface area contributed by atoms with Gasteiger partial charge in [-0.05, 0) is 24.3 Å². The van der Waals surface area contributed by atoms with Crippen molar-refractivity contribution < 1.29 is 23.7 Å². The summed E-state index contributed by atoms with van der Waals surface area (Å²) in [5.74, 6) is 1.13. The Bertz CT molecular complexity index is 732. The van der Waals surface area contributed by atoms with Gasteiger partial charge in [-0.2, -0.15) is 0 Å². The molecule has 2 aromatic carbocycles. The van der Waals surface area contributed by atoms with Crippen LogP contribution in [0.5, 0.6) is 11.5 Å². The van der Waals surface area contributed by atoms with E-state index in [-0.39, 0.29) is 0 Å². The lowest BCUT2D eigenvalue weighted by Crippen LogP contribution is -2.36. The molecule has 0 unspecified atom stereocenters. The molecule has 0 saturated carbocycles. The second-order valence-electron chi connectivity index (χ2n) is 5.95. The molecule has 0 radical (unpaired) electrons. The number of carbonyl (C=O) groups excluding carboxylic acids is 1. The zero-order chi connectivity index (χ0) is 18.9. The molecule has 1 fully saturated rings. The van der Waals surface area contributed by atoms with Crippen molar-refractivity contribution in [2.45, 2.75) is 0 Å². The first-order chi connectivity index (χ1) is 13.3. The van der Waals surface area contributed by atoms with Crippen LogP contribution in [0.3, 0.4) is 0 Å². The minimum Gasteiger partial charge on any atom is -0.491 e. The van der Waals surface area contributed by atoms with Gasteiger partial charge in [0.15, 0.2) is 0 Å². The number of amides is 1. The molecule has 3 rings (SSSR count). The maximum Gasteiger partial charge on any atom is 0.417 e. The third kappa shape index (κ3) is 5.60. The van der Waals surface area contributed by atoms with Gasteiger partial charge in [-0.3, -0.25) is 5.32 Å². The highest BCUT2D eigenvalue weighted by Crippen LogP contribution is 2.31. The van der Waals surface area contributed by atoms with E-state index in [0.29, 0.717) is 43.6 Å². The molecule has 0 aromatic heterocycles. The summed E-state index contributed by atoms with van der Waals surface area (Å²) in [6.45, 7) is 3.74. The van der Waals surface area contributed by atoms with Crippen LogP contribution in [0.25, 0.3) is 0 Å². The molecule has 2 aromatic rings. The second kappa shape index (κ2) is 9.80. The number of anilines is 2. The zero-order valence-corrected chi connectivity index (χ0v) is 15.3. The van der Waals surface area contributed by atoms with Crippen molar-refractivity contribution in [1.82, 2.24) is 0 Å². The van der Waals surface area contributed by atoms with Crippen LogP contribution in [0.2, 0.25) is 0 Å². The van der Waals surface area contributed by atoms with Crippen LogP contribution in [0.1, 0.15) is 0 Å². The first kappa shape index (κ1) is 19.0. The number of carbonyl (C=O) groups is 1. The number of ether oxygens (including phenoxy) is 4. The fraction of sp³-hybridized carbons (Fsp3) is 0.350. The highest BCUT2D eigenvalue weighted by molar-refractivity contribution is 5.91. The predicted molar refractivity (Wildman–Crippen MR) is 103 cm³/mol. The topological polar surface area (TPSA) is 69.3 Å². The third-order valence-electron chi connectivity index (χ3n) is 4.07. The van der Waals surface area contributed by atoms with E-state index in [4.69, 9.17) is 18.9 Å². The number of benzene rings is 2. The van der Waals surface area contributed by atoms with Crippen LogP contribution in [0, 0.1) is 0 Å². The number of nitrogens with one attached hydrogen (secondary N) is 1. The maximum absolute atomic E-state index is 12.4. The van der Waals surface area contributed by atoms with E-state index in [9.17, 15) is 4.79 Å². The fourth-order valence-corrected chi connectivity index (χ4v) is 2.76. The van der Waals surface area contributed by atoms with Crippen molar-refractivity contribution in [2.75, 3.05) is 56.8 Å². The fourth-order valence-electron chi connectivity index (χ4n) is 2.76. The Balaban J connectivity index is 1.75. The molecular formula is C20H24N2O5. The number of morpholine rings is 1. The SMILES string of the molecule is COCCOc1ccc(N2CCOCC2)c(NC(=O)Oc2ccccc2)c1. The monoisotopic (exact) mass is 372 g/mol. The van der Waals surface area contributed by atoms with Crippen molar-refractivity contribution in [3.63, 3.8) is 0 Å². The summed E-state index contributed by atoms with van der Waals surface area (Å²) in [5.41, 5.74) is 1.54. The lowest BCUT2D eigenvalue weighted by atomic mass is 10.2. The zero-order valence-electron chi connectivity index (χ0n) is 15.3. The van der Waals surface area contributed by atoms with Gasteiger partial charge in [-0.15, -0.1) is 0 Å². The average molecular weight is 372 g/mol. The van der Waals surface area contributed by atoms with Crippen LogP contribution in [-0.2, 0) is 9.47 Å². The van der Waals surface area contributed by atoms with Gasteiger partial charge in [0.25, 0.3) is 0 Å². The van der Waals surface area contributed by atoms with Crippen molar-refractivity contribution in [3.05, 3.63) is 48.5 Å². The van der Waals surface area contributed by atoms with E-state index in [1.54, 1.807) is 25.3 Å². The number of rotatable bonds is 7. The molecule has 144 valence electrons. The molecule has 1 saturated heterocycles. The predicted octanol–water partition coefficient (Wildman–Crippen LogP) is 3.16. The Morgan fingerprint density at radius 3 is 2.59 bits per heavy atom. The normalized spacial score (nSPS) is 13.9. The summed E-state index contributed by atoms with van der Waals surface area (Å²) in [7, 11) is 1.62. The minimum atomic E-state index is -0.551. The largest absolute Gasteiger partial charge is 0.491 e. The Hall–Kier alpha value is -2.77. The first-order valence-electron chi connectivity index (χ1n) is 8.88. The third-order valence-corrected chi connectivity index (χ3v) is 4.07. The summed E-state index contributed by atoms with van der Waals surface area (Å²) < 4.78 is 21.4. The highest BCUT2D eigenvalue weighted by atomic mass is 16.6. The summed E-state index contributed by atoms with van der Waals surface area (Å²) in [6.07, 6.45) is -0.551. The molecule has 1 aliphatic heterocycles. The Labute approximate surface area is 158 Å². The summed E-state index contributed by atoms with van der Waals surface area (Å²) >= 11 is 0. The second-order valence-corrected chi connectivity index (χ2v) is 5.95. The van der Waals surface area contributed by atoms with E-state index >= 15 is 0 Å². The van der Waals surface area contributed by atoms with E-state index in [1.165, 1.54) is 0 Å². The highest BCUT2D eigenvalue weighted by Gasteiger charge is 2.18. The van der Waals surface area contributed by atoms with Gasteiger partial charge >= 0.3 is 6.09 Å². The number of hydrogen-bond donors (Lipinski definition) is 1. The van der Waals surface area contributed by atoms with E-state index < -0.39 is 6.09 Å². The first-order valence-corrected chi connectivity index (χ1v) is 8.88. The number of para-hydroxylation sites is 1. The van der Waals surface area contributed by atoms with Crippen LogP contribution in [0.4, 0.5) is 16.2 Å². The van der Waals surface area contributed by atoms with Crippen molar-refractivity contribution >= 4 is 17.5 Å². The summed E-state index contributed by atoms with van der Waals surface area (Å²) in [4.78, 5) is 14.5. The standard InChI is InChI=1S/C20H24N2O5/c1-24-13-14-26-17-7-8-19(22-9-11-25-12-10-22)18(15-17)21-20(23)27-16-5-3-2-4-6-16/h2-8,15H,9-14H2,1H3,(H,21,23). The molecule has 0 atom stereocenters. The molecule has 0 bridgehead atoms. The molecule has 0 aliphatic carbocycles. The lowest BCUT2D eigenvalue weighted by Gasteiger charge is -2.30. The molecule has 7 nitrogen and oxygen atoms in total. The van der Waals surface area contributed by atoms with Gasteiger partial charge in [0, 0.05) is 26.3 Å². The van der Waals surface area contributed by atoms with E-state index in [0.717, 1.165) is 18.8 Å². The molecular weight excluding hydrogens is 348 g/mol. The molecule has 1 aliphatic rings. The summed E-state index contributed by atoms with van der Waals surface area (Å²) in [5, 5.41) is 2.83. The van der Waals surface area contributed by atoms with Gasteiger partial charge in [0.1, 0.15) is 18.1 Å². The van der Waals surface area contributed by atoms with Crippen LogP contribution in [-0.4, -0.2) is 52.7 Å². The average Bonchev–Trinajstić information content (AvgIpc) is 2.70. The minimum absolute atomic E-state index is 0.432. The summed E-state index contributed by atoms with van der Waals surface area (Å²) in [6, 6.07) is 14.6. The molecule has 27 heavy (non-hydrogen) atoms. The van der Waals surface area contributed by atoms with E-state index in [1.807, 2.05) is 30.3 Å². The van der Waals surface area contributed by atoms with Gasteiger partial charge in [0.2, 0.25) is 0 Å². The Morgan fingerprint density at radius 2 is 1.85 bits per heavy atom. The van der Waals surface area contributed by atoms with Gasteiger partial charge < -0.3 is 23.8 Å². The molecule has 1 N–H and O–H groups in total. The molecule has 0 spiro atoms. The van der Waals surface area contributed by atoms with Crippen LogP contribution < -0.4 is 19.7 Å². The molecule has 1 heterocycles. The van der Waals surface area contributed by atoms with Gasteiger partial charge in [-0.1, -0.05) is 18.2 Å². The number of methoxy groups -OCH3 is 1. The van der Waals surface area contributed by atoms with Crippen LogP contribution >= 0.6 is 0 Å². The van der Waals surface area contributed by atoms with Crippen LogP contribution in [0.15, 0.2) is 48.5 Å². The van der Waals surface area contributed by atoms with Gasteiger partial charge in [0.05, 0.1) is 31.2 Å². The Morgan fingerprint density at radius 1 is 1.07 bits per heavy atom. The van der Waals surface area contributed by atoms with Gasteiger partial charge in [-0.25, -0.2) is 4.79 Å². The number of nitrogens with zero attached hydrogens (tertiary/aromatic N) is 1. The van der Waals surface area contributed by atoms with E-state index in [2.05, 4.69) is 10.2 Å². The smallest absolute Gasteiger partial charge is 0.417 e. The molecule has 7 heteroatoms.